The molecular weight excluding hydrogens is 397 g/mol. The third-order valence-electron chi connectivity index (χ3n) is 4.82. The molecule has 0 aliphatic carbocycles. The van der Waals surface area contributed by atoms with Gasteiger partial charge in [0.25, 0.3) is 0 Å². The van der Waals surface area contributed by atoms with E-state index in [1.54, 1.807) is 26.0 Å². The molecule has 0 radical (unpaired) electrons. The van der Waals surface area contributed by atoms with E-state index in [1.807, 2.05) is 0 Å². The number of sulfonamides is 1. The normalized spacial score (nSPS) is 16.3. The Hall–Kier alpha value is -2.78. The van der Waals surface area contributed by atoms with Gasteiger partial charge in [-0.3, -0.25) is 9.59 Å². The van der Waals surface area contributed by atoms with Gasteiger partial charge in [-0.15, -0.1) is 0 Å². The molecule has 0 saturated heterocycles. The molecule has 0 unspecified atom stereocenters. The van der Waals surface area contributed by atoms with Gasteiger partial charge < -0.3 is 10.6 Å². The van der Waals surface area contributed by atoms with Crippen molar-refractivity contribution in [3.05, 3.63) is 53.8 Å². The number of nitrogens with zero attached hydrogens (tertiary/aromatic N) is 1. The highest BCUT2D eigenvalue weighted by atomic mass is 32.2. The first-order valence-corrected chi connectivity index (χ1v) is 10.7. The van der Waals surface area contributed by atoms with Crippen molar-refractivity contribution in [1.29, 1.82) is 0 Å². The third kappa shape index (κ3) is 4.30. The van der Waals surface area contributed by atoms with Crippen LogP contribution in [0.15, 0.2) is 47.4 Å². The van der Waals surface area contributed by atoms with Crippen LogP contribution in [0.25, 0.3) is 0 Å². The molecule has 2 amide bonds. The second-order valence-corrected chi connectivity index (χ2v) is 8.58. The first-order chi connectivity index (χ1) is 13.8. The molecule has 29 heavy (non-hydrogen) atoms. The molecule has 1 aliphatic rings. The number of fused-ring (bicyclic) bond motifs is 1. The fourth-order valence-electron chi connectivity index (χ4n) is 3.35. The summed E-state index contributed by atoms with van der Waals surface area (Å²) >= 11 is 0. The molecule has 1 atom stereocenters. The number of hydrogen-bond acceptors (Lipinski definition) is 4. The second kappa shape index (κ2) is 8.30. The molecule has 1 heterocycles. The highest BCUT2D eigenvalue weighted by Crippen LogP contribution is 2.33. The van der Waals surface area contributed by atoms with Gasteiger partial charge in [0.1, 0.15) is 5.82 Å². The number of amides is 2. The average molecular weight is 419 g/mol. The summed E-state index contributed by atoms with van der Waals surface area (Å²) in [6.45, 7) is 4.17. The maximum atomic E-state index is 13.5. The van der Waals surface area contributed by atoms with Gasteiger partial charge in [-0.1, -0.05) is 26.0 Å². The van der Waals surface area contributed by atoms with Crippen molar-refractivity contribution in [2.45, 2.75) is 31.1 Å². The van der Waals surface area contributed by atoms with Crippen molar-refractivity contribution in [2.24, 2.45) is 0 Å². The van der Waals surface area contributed by atoms with E-state index in [2.05, 4.69) is 10.6 Å². The van der Waals surface area contributed by atoms with Gasteiger partial charge in [0.05, 0.1) is 10.8 Å². The zero-order chi connectivity index (χ0) is 21.2. The van der Waals surface area contributed by atoms with Crippen molar-refractivity contribution in [3.8, 4) is 0 Å². The Morgan fingerprint density at radius 3 is 2.62 bits per heavy atom. The maximum absolute atomic E-state index is 13.5. The number of carbonyl (C=O) groups is 2. The minimum Gasteiger partial charge on any atom is -0.326 e. The van der Waals surface area contributed by atoms with E-state index in [4.69, 9.17) is 0 Å². The van der Waals surface area contributed by atoms with E-state index in [-0.39, 0.29) is 22.9 Å². The molecular formula is C20H22FN3O4S. The number of nitrogens with one attached hydrogen (secondary N) is 2. The molecule has 154 valence electrons. The number of halogens is 1. The van der Waals surface area contributed by atoms with Gasteiger partial charge in [-0.05, 0) is 35.9 Å². The molecule has 1 aliphatic heterocycles. The second-order valence-electron chi connectivity index (χ2n) is 6.64. The van der Waals surface area contributed by atoms with Crippen LogP contribution < -0.4 is 10.6 Å². The van der Waals surface area contributed by atoms with E-state index in [0.717, 1.165) is 0 Å². The lowest BCUT2D eigenvalue weighted by Crippen LogP contribution is -2.31. The molecule has 0 bridgehead atoms. The number of anilines is 2. The molecule has 0 saturated carbocycles. The fraction of sp³-hybridized carbons (Fsp3) is 0.300. The topological polar surface area (TPSA) is 95.6 Å². The Bertz CT molecular complexity index is 1050. The highest BCUT2D eigenvalue weighted by molar-refractivity contribution is 7.89. The molecule has 2 N–H and O–H groups in total. The summed E-state index contributed by atoms with van der Waals surface area (Å²) in [5.74, 6) is -2.17. The molecule has 0 aromatic heterocycles. The van der Waals surface area contributed by atoms with Gasteiger partial charge >= 0.3 is 0 Å². The van der Waals surface area contributed by atoms with Gasteiger partial charge in [0.2, 0.25) is 21.8 Å². The van der Waals surface area contributed by atoms with Crippen LogP contribution in [-0.4, -0.2) is 37.6 Å². The van der Waals surface area contributed by atoms with Crippen LogP contribution in [0.2, 0.25) is 0 Å². The summed E-state index contributed by atoms with van der Waals surface area (Å²) in [6, 6.07) is 9.85. The lowest BCUT2D eigenvalue weighted by Gasteiger charge is -2.25. The van der Waals surface area contributed by atoms with Crippen molar-refractivity contribution < 1.29 is 22.4 Å². The molecule has 0 fully saturated rings. The summed E-state index contributed by atoms with van der Waals surface area (Å²) in [5.41, 5.74) is 1.08. The van der Waals surface area contributed by atoms with Crippen LogP contribution in [0.5, 0.6) is 0 Å². The van der Waals surface area contributed by atoms with Gasteiger partial charge in [-0.2, -0.15) is 4.31 Å². The number of carbonyl (C=O) groups excluding carboxylic acids is 2. The highest BCUT2D eigenvalue weighted by Gasteiger charge is 2.31. The Morgan fingerprint density at radius 2 is 1.93 bits per heavy atom. The van der Waals surface area contributed by atoms with Crippen molar-refractivity contribution in [1.82, 2.24) is 4.31 Å². The van der Waals surface area contributed by atoms with E-state index in [9.17, 15) is 22.4 Å². The van der Waals surface area contributed by atoms with Crippen LogP contribution in [0.1, 0.15) is 31.7 Å². The largest absolute Gasteiger partial charge is 0.326 e. The van der Waals surface area contributed by atoms with Crippen LogP contribution >= 0.6 is 0 Å². The van der Waals surface area contributed by atoms with Crippen molar-refractivity contribution >= 4 is 33.2 Å². The van der Waals surface area contributed by atoms with Gasteiger partial charge in [-0.25, -0.2) is 12.8 Å². The average Bonchev–Trinajstić information content (AvgIpc) is 2.68. The quantitative estimate of drug-likeness (QED) is 0.753. The SMILES string of the molecule is CCN(CC)S(=O)(=O)c1cccc(NC(=O)[C@H]2CC(=O)Nc3cc(F)ccc32)c1. The molecule has 2 aromatic rings. The minimum atomic E-state index is -3.67. The summed E-state index contributed by atoms with van der Waals surface area (Å²) in [5, 5.41) is 5.24. The van der Waals surface area contributed by atoms with Gasteiger partial charge in [0, 0.05) is 30.9 Å². The zero-order valence-corrected chi connectivity index (χ0v) is 16.9. The maximum Gasteiger partial charge on any atom is 0.243 e. The molecule has 3 rings (SSSR count). The smallest absolute Gasteiger partial charge is 0.243 e. The van der Waals surface area contributed by atoms with Crippen LogP contribution in [-0.2, 0) is 19.6 Å². The van der Waals surface area contributed by atoms with Crippen molar-refractivity contribution in [3.63, 3.8) is 0 Å². The number of benzene rings is 2. The number of hydrogen-bond donors (Lipinski definition) is 2. The van der Waals surface area contributed by atoms with E-state index < -0.39 is 27.7 Å². The Kier molecular flexibility index (Phi) is 5.99. The molecule has 2 aromatic carbocycles. The monoisotopic (exact) mass is 419 g/mol. The Balaban J connectivity index is 1.87. The van der Waals surface area contributed by atoms with E-state index in [0.29, 0.717) is 24.3 Å². The fourth-order valence-corrected chi connectivity index (χ4v) is 4.85. The van der Waals surface area contributed by atoms with Crippen LogP contribution in [0.3, 0.4) is 0 Å². The molecule has 9 heteroatoms. The standard InChI is InChI=1S/C20H22FN3O4S/c1-3-24(4-2)29(27,28)15-7-5-6-14(11-15)22-20(26)17-12-19(25)23-18-10-13(21)8-9-16(17)18/h5-11,17H,3-4,12H2,1-2H3,(H,22,26)(H,23,25)/t17-/m0/s1. The minimum absolute atomic E-state index is 0.0721. The summed E-state index contributed by atoms with van der Waals surface area (Å²) < 4.78 is 40.2. The first-order valence-electron chi connectivity index (χ1n) is 9.26. The number of rotatable bonds is 6. The zero-order valence-electron chi connectivity index (χ0n) is 16.1. The predicted molar refractivity (Wildman–Crippen MR) is 108 cm³/mol. The van der Waals surface area contributed by atoms with Crippen molar-refractivity contribution in [2.75, 3.05) is 23.7 Å². The lowest BCUT2D eigenvalue weighted by molar-refractivity contribution is -0.123. The molecule has 7 nitrogen and oxygen atoms in total. The first kappa shape index (κ1) is 20.9. The summed E-state index contributed by atoms with van der Waals surface area (Å²) in [4.78, 5) is 24.8. The third-order valence-corrected chi connectivity index (χ3v) is 6.86. The molecule has 0 spiro atoms. The summed E-state index contributed by atoms with van der Waals surface area (Å²) in [6.07, 6.45) is -0.0814. The predicted octanol–water partition coefficient (Wildman–Crippen LogP) is 2.92. The Morgan fingerprint density at radius 1 is 1.21 bits per heavy atom. The summed E-state index contributed by atoms with van der Waals surface area (Å²) in [7, 11) is -3.67. The van der Waals surface area contributed by atoms with Crippen LogP contribution in [0, 0.1) is 5.82 Å². The van der Waals surface area contributed by atoms with Crippen LogP contribution in [0.4, 0.5) is 15.8 Å². The van der Waals surface area contributed by atoms with E-state index >= 15 is 0 Å². The van der Waals surface area contributed by atoms with Gasteiger partial charge in [0.15, 0.2) is 0 Å². The van der Waals surface area contributed by atoms with E-state index in [1.165, 1.54) is 34.6 Å². The Labute approximate surface area is 169 Å². The lowest BCUT2D eigenvalue weighted by atomic mass is 9.89.